The number of carboxylic acid groups (broad SMARTS) is 1. The van der Waals surface area contributed by atoms with E-state index < -0.39 is 5.97 Å². The number of pyridine rings is 1. The summed E-state index contributed by atoms with van der Waals surface area (Å²) in [6.07, 6.45) is 1.29. The Balaban J connectivity index is 2.88. The second kappa shape index (κ2) is 6.38. The van der Waals surface area contributed by atoms with Crippen LogP contribution in [0.25, 0.3) is 0 Å². The maximum atomic E-state index is 11.4. The van der Waals surface area contributed by atoms with Crippen LogP contribution in [0.1, 0.15) is 17.3 Å². The molecule has 0 aliphatic carbocycles. The van der Waals surface area contributed by atoms with Crippen molar-refractivity contribution < 1.29 is 14.7 Å². The molecule has 7 heteroatoms. The lowest BCUT2D eigenvalue weighted by Gasteiger charge is -2.22. The minimum absolute atomic E-state index is 0.00823. The largest absolute Gasteiger partial charge is 0.478 e. The molecule has 0 fully saturated rings. The smallest absolute Gasteiger partial charge is 0.337 e. The molecular formula is C12H16ClN3O3. The molecule has 0 radical (unpaired) electrons. The topological polar surface area (TPSA) is 82.5 Å². The van der Waals surface area contributed by atoms with Crippen molar-refractivity contribution in [3.05, 3.63) is 22.8 Å². The molecule has 1 amide bonds. The lowest BCUT2D eigenvalue weighted by molar-refractivity contribution is -0.123. The summed E-state index contributed by atoms with van der Waals surface area (Å²) >= 11 is 5.75. The molecule has 2 N–H and O–H groups in total. The third-order valence-corrected chi connectivity index (χ3v) is 3.01. The highest BCUT2D eigenvalue weighted by molar-refractivity contribution is 6.33. The van der Waals surface area contributed by atoms with Gasteiger partial charge in [0.25, 0.3) is 0 Å². The first kappa shape index (κ1) is 15.2. The molecule has 0 saturated carbocycles. The number of aromatic nitrogens is 1. The molecule has 0 spiro atoms. The molecule has 0 bridgehead atoms. The summed E-state index contributed by atoms with van der Waals surface area (Å²) in [7, 11) is 3.31. The average Bonchev–Trinajstić information content (AvgIpc) is 2.37. The highest BCUT2D eigenvalue weighted by Gasteiger charge is 2.17. The summed E-state index contributed by atoms with van der Waals surface area (Å²) in [6.45, 7) is 2.21. The average molecular weight is 286 g/mol. The van der Waals surface area contributed by atoms with E-state index in [1.165, 1.54) is 12.3 Å². The standard InChI is InChI=1S/C12H16ClN3O3/c1-7(11(17)14-2)6-16(3)10-4-8(12(18)19)9(13)5-15-10/h4-5,7H,6H2,1-3H3,(H,14,17)(H,18,19). The lowest BCUT2D eigenvalue weighted by atomic mass is 10.1. The fourth-order valence-electron chi connectivity index (χ4n) is 1.63. The minimum Gasteiger partial charge on any atom is -0.478 e. The van der Waals surface area contributed by atoms with Crippen molar-refractivity contribution >= 4 is 29.3 Å². The number of nitrogens with one attached hydrogen (secondary N) is 1. The second-order valence-electron chi connectivity index (χ2n) is 4.22. The zero-order valence-corrected chi connectivity index (χ0v) is 11.7. The Morgan fingerprint density at radius 3 is 2.74 bits per heavy atom. The summed E-state index contributed by atoms with van der Waals surface area (Å²) in [5, 5.41) is 11.6. The van der Waals surface area contributed by atoms with Gasteiger partial charge in [0.15, 0.2) is 0 Å². The molecule has 19 heavy (non-hydrogen) atoms. The van der Waals surface area contributed by atoms with Crippen LogP contribution in [0, 0.1) is 5.92 Å². The van der Waals surface area contributed by atoms with Crippen molar-refractivity contribution in [2.45, 2.75) is 6.92 Å². The first-order chi connectivity index (χ1) is 8.86. The van der Waals surface area contributed by atoms with Gasteiger partial charge in [-0.3, -0.25) is 4.79 Å². The fraction of sp³-hybridized carbons (Fsp3) is 0.417. The summed E-state index contributed by atoms with van der Waals surface area (Å²) in [4.78, 5) is 28.2. The third kappa shape index (κ3) is 3.82. The Kier molecular flexibility index (Phi) is 5.11. The normalized spacial score (nSPS) is 11.8. The van der Waals surface area contributed by atoms with Gasteiger partial charge in [0.05, 0.1) is 16.5 Å². The first-order valence-corrected chi connectivity index (χ1v) is 6.06. The van der Waals surface area contributed by atoms with Crippen LogP contribution in [-0.2, 0) is 4.79 Å². The van der Waals surface area contributed by atoms with Gasteiger partial charge in [-0.25, -0.2) is 9.78 Å². The van der Waals surface area contributed by atoms with E-state index in [0.29, 0.717) is 12.4 Å². The maximum Gasteiger partial charge on any atom is 0.337 e. The molecule has 6 nitrogen and oxygen atoms in total. The number of nitrogens with zero attached hydrogens (tertiary/aromatic N) is 2. The van der Waals surface area contributed by atoms with Crippen molar-refractivity contribution in [3.8, 4) is 0 Å². The molecule has 0 aliphatic heterocycles. The van der Waals surface area contributed by atoms with E-state index in [1.807, 2.05) is 0 Å². The molecule has 1 rings (SSSR count). The molecule has 1 heterocycles. The van der Waals surface area contributed by atoms with Gasteiger partial charge in [0.1, 0.15) is 5.82 Å². The molecule has 1 unspecified atom stereocenters. The van der Waals surface area contributed by atoms with E-state index in [4.69, 9.17) is 16.7 Å². The highest BCUT2D eigenvalue weighted by Crippen LogP contribution is 2.20. The molecule has 104 valence electrons. The number of hydrogen-bond acceptors (Lipinski definition) is 4. The number of amides is 1. The maximum absolute atomic E-state index is 11.4. The predicted molar refractivity (Wildman–Crippen MR) is 72.7 cm³/mol. The van der Waals surface area contributed by atoms with E-state index in [-0.39, 0.29) is 22.4 Å². The summed E-state index contributed by atoms with van der Waals surface area (Å²) in [5.41, 5.74) is -0.00823. The Hall–Kier alpha value is -1.82. The number of halogens is 1. The van der Waals surface area contributed by atoms with E-state index in [2.05, 4.69) is 10.3 Å². The van der Waals surface area contributed by atoms with Crippen molar-refractivity contribution in [1.82, 2.24) is 10.3 Å². The Morgan fingerprint density at radius 1 is 1.58 bits per heavy atom. The van der Waals surface area contributed by atoms with Crippen molar-refractivity contribution in [2.24, 2.45) is 5.92 Å². The van der Waals surface area contributed by atoms with Gasteiger partial charge in [-0.05, 0) is 6.07 Å². The van der Waals surface area contributed by atoms with Crippen LogP contribution in [0.4, 0.5) is 5.82 Å². The quantitative estimate of drug-likeness (QED) is 0.851. The molecule has 0 aromatic carbocycles. The number of carboxylic acids is 1. The zero-order chi connectivity index (χ0) is 14.6. The van der Waals surface area contributed by atoms with E-state index in [9.17, 15) is 9.59 Å². The molecule has 1 atom stereocenters. The third-order valence-electron chi connectivity index (χ3n) is 2.70. The zero-order valence-electron chi connectivity index (χ0n) is 11.0. The van der Waals surface area contributed by atoms with Crippen LogP contribution in [-0.4, -0.2) is 42.6 Å². The summed E-state index contributed by atoms with van der Waals surface area (Å²) < 4.78 is 0. The summed E-state index contributed by atoms with van der Waals surface area (Å²) in [5.74, 6) is -0.973. The minimum atomic E-state index is -1.11. The van der Waals surface area contributed by atoms with E-state index in [0.717, 1.165) is 0 Å². The number of carbonyl (C=O) groups excluding carboxylic acids is 1. The monoisotopic (exact) mass is 285 g/mol. The number of carbonyl (C=O) groups is 2. The molecular weight excluding hydrogens is 270 g/mol. The van der Waals surface area contributed by atoms with Crippen LogP contribution in [0.15, 0.2) is 12.3 Å². The predicted octanol–water partition coefficient (Wildman–Crippen LogP) is 1.25. The number of anilines is 1. The van der Waals surface area contributed by atoms with E-state index >= 15 is 0 Å². The van der Waals surface area contributed by atoms with Crippen LogP contribution in [0.2, 0.25) is 5.02 Å². The SMILES string of the molecule is CNC(=O)C(C)CN(C)c1cc(C(=O)O)c(Cl)cn1. The molecule has 0 aliphatic rings. The Morgan fingerprint density at radius 2 is 2.21 bits per heavy atom. The van der Waals surface area contributed by atoms with Crippen LogP contribution >= 0.6 is 11.6 Å². The van der Waals surface area contributed by atoms with Gasteiger partial charge in [-0.2, -0.15) is 0 Å². The first-order valence-electron chi connectivity index (χ1n) is 5.68. The van der Waals surface area contributed by atoms with Crippen molar-refractivity contribution in [2.75, 3.05) is 25.5 Å². The molecule has 1 aromatic rings. The second-order valence-corrected chi connectivity index (χ2v) is 4.63. The Labute approximate surface area is 116 Å². The summed E-state index contributed by atoms with van der Waals surface area (Å²) in [6, 6.07) is 1.39. The highest BCUT2D eigenvalue weighted by atomic mass is 35.5. The number of hydrogen-bond donors (Lipinski definition) is 2. The van der Waals surface area contributed by atoms with Gasteiger partial charge >= 0.3 is 5.97 Å². The van der Waals surface area contributed by atoms with Crippen molar-refractivity contribution in [1.29, 1.82) is 0 Å². The van der Waals surface area contributed by atoms with Gasteiger partial charge < -0.3 is 15.3 Å². The van der Waals surface area contributed by atoms with Gasteiger partial charge in [0.2, 0.25) is 5.91 Å². The van der Waals surface area contributed by atoms with E-state index in [1.54, 1.807) is 25.9 Å². The van der Waals surface area contributed by atoms with Gasteiger partial charge in [-0.1, -0.05) is 18.5 Å². The van der Waals surface area contributed by atoms with Gasteiger partial charge in [-0.15, -0.1) is 0 Å². The van der Waals surface area contributed by atoms with Crippen LogP contribution < -0.4 is 10.2 Å². The van der Waals surface area contributed by atoms with Gasteiger partial charge in [0, 0.05) is 26.8 Å². The Bertz CT molecular complexity index is 493. The molecule has 0 saturated heterocycles. The number of aromatic carboxylic acids is 1. The molecule has 1 aromatic heterocycles. The van der Waals surface area contributed by atoms with Crippen LogP contribution in [0.5, 0.6) is 0 Å². The fourth-order valence-corrected chi connectivity index (χ4v) is 1.82. The number of rotatable bonds is 5. The lowest BCUT2D eigenvalue weighted by Crippen LogP contribution is -2.34. The van der Waals surface area contributed by atoms with Crippen LogP contribution in [0.3, 0.4) is 0 Å². The van der Waals surface area contributed by atoms with Crippen molar-refractivity contribution in [3.63, 3.8) is 0 Å².